The molecule has 6 heteroatoms. The molecule has 0 saturated carbocycles. The summed E-state index contributed by atoms with van der Waals surface area (Å²) < 4.78 is 0.696. The highest BCUT2D eigenvalue weighted by Crippen LogP contribution is 2.22. The Bertz CT molecular complexity index is 545. The van der Waals surface area contributed by atoms with Crippen LogP contribution in [-0.4, -0.2) is 40.4 Å². The first-order valence-electron chi connectivity index (χ1n) is 6.50. The number of nitrogens with zero attached hydrogens (tertiary/aromatic N) is 1. The van der Waals surface area contributed by atoms with Crippen molar-refractivity contribution >= 4 is 27.7 Å². The third-order valence-electron chi connectivity index (χ3n) is 3.37. The minimum absolute atomic E-state index is 0.0668. The van der Waals surface area contributed by atoms with Crippen molar-refractivity contribution in [2.24, 2.45) is 0 Å². The van der Waals surface area contributed by atoms with Crippen LogP contribution in [0, 0.1) is 0 Å². The number of halogens is 1. The second kappa shape index (κ2) is 5.83. The Balaban J connectivity index is 2.09. The highest BCUT2D eigenvalue weighted by atomic mass is 79.9. The lowest BCUT2D eigenvalue weighted by molar-refractivity contribution is -0.130. The molecule has 0 aliphatic carbocycles. The monoisotopic (exact) mass is 340 g/mol. The van der Waals surface area contributed by atoms with Crippen LogP contribution in [0.5, 0.6) is 5.75 Å². The second-order valence-corrected chi connectivity index (χ2v) is 6.02. The SMILES string of the molecule is CC(C)N1CCC(NC(=O)c2cc(Br)ccc2O)C1=O. The highest BCUT2D eigenvalue weighted by molar-refractivity contribution is 9.10. The average molecular weight is 341 g/mol. The number of carbonyl (C=O) groups is 2. The molecule has 5 nitrogen and oxygen atoms in total. The van der Waals surface area contributed by atoms with E-state index in [9.17, 15) is 14.7 Å². The summed E-state index contributed by atoms with van der Waals surface area (Å²) in [6.07, 6.45) is 0.595. The molecule has 1 saturated heterocycles. The largest absolute Gasteiger partial charge is 0.507 e. The predicted octanol–water partition coefficient (Wildman–Crippen LogP) is 1.89. The van der Waals surface area contributed by atoms with Gasteiger partial charge in [0.15, 0.2) is 0 Å². The van der Waals surface area contributed by atoms with Crippen LogP contribution < -0.4 is 5.32 Å². The molecule has 0 bridgehead atoms. The smallest absolute Gasteiger partial charge is 0.255 e. The van der Waals surface area contributed by atoms with Crippen molar-refractivity contribution in [3.63, 3.8) is 0 Å². The average Bonchev–Trinajstić information content (AvgIpc) is 2.74. The van der Waals surface area contributed by atoms with E-state index in [4.69, 9.17) is 0 Å². The molecule has 0 spiro atoms. The van der Waals surface area contributed by atoms with E-state index in [-0.39, 0.29) is 23.3 Å². The van der Waals surface area contributed by atoms with Gasteiger partial charge in [0.2, 0.25) is 5.91 Å². The van der Waals surface area contributed by atoms with E-state index < -0.39 is 11.9 Å². The Morgan fingerprint density at radius 3 is 2.80 bits per heavy atom. The van der Waals surface area contributed by atoms with Crippen LogP contribution in [0.2, 0.25) is 0 Å². The van der Waals surface area contributed by atoms with Gasteiger partial charge in [-0.1, -0.05) is 15.9 Å². The number of amides is 2. The molecule has 1 aliphatic heterocycles. The van der Waals surface area contributed by atoms with Gasteiger partial charge in [-0.05, 0) is 38.5 Å². The van der Waals surface area contributed by atoms with Gasteiger partial charge in [0.05, 0.1) is 5.56 Å². The number of hydrogen-bond donors (Lipinski definition) is 2. The Morgan fingerprint density at radius 2 is 2.20 bits per heavy atom. The lowest BCUT2D eigenvalue weighted by Crippen LogP contribution is -2.43. The number of likely N-dealkylation sites (tertiary alicyclic amines) is 1. The number of phenolic OH excluding ortho intramolecular Hbond substituents is 1. The van der Waals surface area contributed by atoms with Crippen molar-refractivity contribution in [3.8, 4) is 5.75 Å². The standard InChI is InChI=1S/C14H17BrN2O3/c1-8(2)17-6-5-11(14(17)20)16-13(19)10-7-9(15)3-4-12(10)18/h3-4,7-8,11,18H,5-6H2,1-2H3,(H,16,19). The number of aromatic hydroxyl groups is 1. The summed E-state index contributed by atoms with van der Waals surface area (Å²) in [6, 6.07) is 4.24. The fourth-order valence-corrected chi connectivity index (χ4v) is 2.64. The molecule has 2 amide bonds. The molecular weight excluding hydrogens is 324 g/mol. The Kier molecular flexibility index (Phi) is 4.32. The van der Waals surface area contributed by atoms with Gasteiger partial charge < -0.3 is 15.3 Å². The maximum Gasteiger partial charge on any atom is 0.255 e. The van der Waals surface area contributed by atoms with Crippen molar-refractivity contribution < 1.29 is 14.7 Å². The highest BCUT2D eigenvalue weighted by Gasteiger charge is 2.34. The quantitative estimate of drug-likeness (QED) is 0.882. The molecule has 0 radical (unpaired) electrons. The molecule has 2 N–H and O–H groups in total. The van der Waals surface area contributed by atoms with Crippen molar-refractivity contribution in [2.75, 3.05) is 6.54 Å². The van der Waals surface area contributed by atoms with E-state index >= 15 is 0 Å². The molecular formula is C14H17BrN2O3. The summed E-state index contributed by atoms with van der Waals surface area (Å²) in [5.74, 6) is -0.604. The topological polar surface area (TPSA) is 69.6 Å². The van der Waals surface area contributed by atoms with Crippen molar-refractivity contribution in [3.05, 3.63) is 28.2 Å². The Morgan fingerprint density at radius 1 is 1.50 bits per heavy atom. The first-order valence-corrected chi connectivity index (χ1v) is 7.29. The first kappa shape index (κ1) is 14.8. The van der Waals surface area contributed by atoms with E-state index in [2.05, 4.69) is 21.2 Å². The third kappa shape index (κ3) is 2.95. The van der Waals surface area contributed by atoms with Crippen molar-refractivity contribution in [1.82, 2.24) is 10.2 Å². The Labute approximate surface area is 126 Å². The van der Waals surface area contributed by atoms with Crippen molar-refractivity contribution in [1.29, 1.82) is 0 Å². The molecule has 1 aromatic rings. The van der Waals surface area contributed by atoms with Crippen LogP contribution in [0.3, 0.4) is 0 Å². The molecule has 2 rings (SSSR count). The van der Waals surface area contributed by atoms with Gasteiger partial charge >= 0.3 is 0 Å². The maximum absolute atomic E-state index is 12.1. The number of nitrogens with one attached hydrogen (secondary N) is 1. The first-order chi connectivity index (χ1) is 9.40. The fraction of sp³-hybridized carbons (Fsp3) is 0.429. The molecule has 0 aromatic heterocycles. The van der Waals surface area contributed by atoms with Gasteiger partial charge in [0.1, 0.15) is 11.8 Å². The van der Waals surface area contributed by atoms with E-state index in [1.54, 1.807) is 11.0 Å². The van der Waals surface area contributed by atoms with Crippen LogP contribution in [0.4, 0.5) is 0 Å². The van der Waals surface area contributed by atoms with Crippen LogP contribution in [-0.2, 0) is 4.79 Å². The number of carbonyl (C=O) groups excluding carboxylic acids is 2. The zero-order valence-electron chi connectivity index (χ0n) is 11.4. The summed E-state index contributed by atoms with van der Waals surface area (Å²) in [5, 5.41) is 12.4. The minimum Gasteiger partial charge on any atom is -0.507 e. The molecule has 1 heterocycles. The van der Waals surface area contributed by atoms with Gasteiger partial charge in [-0.3, -0.25) is 9.59 Å². The number of phenols is 1. The van der Waals surface area contributed by atoms with Crippen molar-refractivity contribution in [2.45, 2.75) is 32.4 Å². The normalized spacial score (nSPS) is 18.7. The lowest BCUT2D eigenvalue weighted by atomic mass is 10.1. The lowest BCUT2D eigenvalue weighted by Gasteiger charge is -2.21. The minimum atomic E-state index is -0.511. The second-order valence-electron chi connectivity index (χ2n) is 5.10. The molecule has 1 unspecified atom stereocenters. The summed E-state index contributed by atoms with van der Waals surface area (Å²) in [6.45, 7) is 4.54. The predicted molar refractivity (Wildman–Crippen MR) is 78.5 cm³/mol. The number of hydrogen-bond acceptors (Lipinski definition) is 3. The van der Waals surface area contributed by atoms with Crippen LogP contribution in [0.25, 0.3) is 0 Å². The summed E-state index contributed by atoms with van der Waals surface area (Å²) in [4.78, 5) is 26.0. The van der Waals surface area contributed by atoms with E-state index in [1.165, 1.54) is 12.1 Å². The Hall–Kier alpha value is -1.56. The summed E-state index contributed by atoms with van der Waals surface area (Å²) >= 11 is 3.25. The van der Waals surface area contributed by atoms with Gasteiger partial charge in [-0.15, -0.1) is 0 Å². The summed E-state index contributed by atoms with van der Waals surface area (Å²) in [7, 11) is 0. The van der Waals surface area contributed by atoms with Crippen LogP contribution in [0.1, 0.15) is 30.6 Å². The van der Waals surface area contributed by atoms with E-state index in [1.807, 2.05) is 13.8 Å². The van der Waals surface area contributed by atoms with Gasteiger partial charge in [-0.25, -0.2) is 0 Å². The molecule has 108 valence electrons. The van der Waals surface area contributed by atoms with Gasteiger partial charge in [0, 0.05) is 17.1 Å². The number of benzene rings is 1. The molecule has 1 atom stereocenters. The zero-order chi connectivity index (χ0) is 14.9. The zero-order valence-corrected chi connectivity index (χ0v) is 13.0. The number of rotatable bonds is 3. The molecule has 1 fully saturated rings. The van der Waals surface area contributed by atoms with Gasteiger partial charge in [0.25, 0.3) is 5.91 Å². The van der Waals surface area contributed by atoms with Crippen LogP contribution in [0.15, 0.2) is 22.7 Å². The summed E-state index contributed by atoms with van der Waals surface area (Å²) in [5.41, 5.74) is 0.162. The third-order valence-corrected chi connectivity index (χ3v) is 3.86. The van der Waals surface area contributed by atoms with Crippen LogP contribution >= 0.6 is 15.9 Å². The van der Waals surface area contributed by atoms with E-state index in [0.29, 0.717) is 17.4 Å². The molecule has 1 aromatic carbocycles. The maximum atomic E-state index is 12.1. The molecule has 20 heavy (non-hydrogen) atoms. The molecule has 1 aliphatic rings. The van der Waals surface area contributed by atoms with Gasteiger partial charge in [-0.2, -0.15) is 0 Å². The fourth-order valence-electron chi connectivity index (χ4n) is 2.27. The van der Waals surface area contributed by atoms with E-state index in [0.717, 1.165) is 0 Å².